The Labute approximate surface area is 137 Å². The second-order valence-electron chi connectivity index (χ2n) is 4.58. The minimum atomic E-state index is -0.834. The van der Waals surface area contributed by atoms with Crippen molar-refractivity contribution >= 4 is 46.7 Å². The van der Waals surface area contributed by atoms with Gasteiger partial charge in [-0.2, -0.15) is 5.10 Å². The van der Waals surface area contributed by atoms with Crippen molar-refractivity contribution in [1.29, 1.82) is 0 Å². The van der Waals surface area contributed by atoms with Gasteiger partial charge in [0.1, 0.15) is 0 Å². The topological polar surface area (TPSA) is 70.6 Å². The zero-order valence-electron chi connectivity index (χ0n) is 12.0. The first kappa shape index (κ1) is 16.2. The van der Waals surface area contributed by atoms with Crippen LogP contribution in [0.3, 0.4) is 0 Å². The van der Waals surface area contributed by atoms with Crippen molar-refractivity contribution in [3.63, 3.8) is 0 Å². The Morgan fingerprint density at radius 3 is 2.59 bits per heavy atom. The molecule has 0 aliphatic carbocycles. The Balaban J connectivity index is 1.93. The number of amides is 2. The fourth-order valence-corrected chi connectivity index (χ4v) is 2.68. The van der Waals surface area contributed by atoms with Crippen LogP contribution in [0.15, 0.2) is 34.7 Å². The van der Waals surface area contributed by atoms with Crippen LogP contribution >= 0.6 is 22.9 Å². The van der Waals surface area contributed by atoms with E-state index < -0.39 is 11.8 Å². The van der Waals surface area contributed by atoms with Gasteiger partial charge in [0.15, 0.2) is 0 Å². The van der Waals surface area contributed by atoms with Crippen molar-refractivity contribution in [2.45, 2.75) is 13.8 Å². The number of carbonyl (C=O) groups is 2. The van der Waals surface area contributed by atoms with E-state index in [1.54, 1.807) is 25.1 Å². The third-order valence-corrected chi connectivity index (χ3v) is 4.08. The minimum absolute atomic E-state index is 0.530. The number of carbonyl (C=O) groups excluding carboxylic acids is 2. The first-order valence-electron chi connectivity index (χ1n) is 6.42. The summed E-state index contributed by atoms with van der Waals surface area (Å²) < 4.78 is 0. The molecule has 2 aromatic rings. The molecule has 22 heavy (non-hydrogen) atoms. The molecule has 0 unspecified atom stereocenters. The summed E-state index contributed by atoms with van der Waals surface area (Å²) in [7, 11) is 0. The Morgan fingerprint density at radius 1 is 1.18 bits per heavy atom. The molecule has 5 nitrogen and oxygen atoms in total. The van der Waals surface area contributed by atoms with Crippen LogP contribution in [-0.4, -0.2) is 18.0 Å². The molecule has 0 atom stereocenters. The zero-order valence-corrected chi connectivity index (χ0v) is 13.6. The van der Waals surface area contributed by atoms with E-state index in [0.717, 1.165) is 16.0 Å². The largest absolute Gasteiger partial charge is 0.329 e. The Kier molecular flexibility index (Phi) is 5.30. The summed E-state index contributed by atoms with van der Waals surface area (Å²) in [6.07, 6.45) is 1.51. The maximum atomic E-state index is 11.8. The molecule has 0 aliphatic heterocycles. The first-order valence-corrected chi connectivity index (χ1v) is 7.68. The monoisotopic (exact) mass is 335 g/mol. The predicted molar refractivity (Wildman–Crippen MR) is 89.6 cm³/mol. The van der Waals surface area contributed by atoms with Crippen molar-refractivity contribution in [2.24, 2.45) is 5.10 Å². The van der Waals surface area contributed by atoms with Gasteiger partial charge in [0, 0.05) is 15.6 Å². The molecule has 2 rings (SSSR count). The number of benzene rings is 1. The summed E-state index contributed by atoms with van der Waals surface area (Å²) in [4.78, 5) is 24.4. The maximum Gasteiger partial charge on any atom is 0.329 e. The molecule has 0 fully saturated rings. The second-order valence-corrected chi connectivity index (χ2v) is 5.96. The van der Waals surface area contributed by atoms with E-state index >= 15 is 0 Å². The molecule has 0 spiro atoms. The molecule has 0 saturated carbocycles. The summed E-state index contributed by atoms with van der Waals surface area (Å²) in [5.41, 5.74) is 4.56. The molecule has 114 valence electrons. The van der Waals surface area contributed by atoms with Crippen LogP contribution in [0.5, 0.6) is 0 Å². The fourth-order valence-electron chi connectivity index (χ4n) is 1.66. The van der Waals surface area contributed by atoms with E-state index in [1.807, 2.05) is 18.4 Å². The van der Waals surface area contributed by atoms with Crippen molar-refractivity contribution in [2.75, 3.05) is 5.32 Å². The van der Waals surface area contributed by atoms with Gasteiger partial charge in [0.05, 0.1) is 6.21 Å². The van der Waals surface area contributed by atoms with E-state index in [1.165, 1.54) is 17.6 Å². The molecule has 1 aromatic carbocycles. The van der Waals surface area contributed by atoms with Gasteiger partial charge in [0.2, 0.25) is 0 Å². The zero-order chi connectivity index (χ0) is 16.1. The van der Waals surface area contributed by atoms with Gasteiger partial charge >= 0.3 is 11.8 Å². The average Bonchev–Trinajstić information content (AvgIpc) is 2.87. The van der Waals surface area contributed by atoms with Crippen LogP contribution in [0.25, 0.3) is 0 Å². The lowest BCUT2D eigenvalue weighted by molar-refractivity contribution is -0.136. The molecule has 0 aliphatic rings. The van der Waals surface area contributed by atoms with Crippen LogP contribution in [0.2, 0.25) is 5.02 Å². The predicted octanol–water partition coefficient (Wildman–Crippen LogP) is 3.11. The average molecular weight is 336 g/mol. The first-order chi connectivity index (χ1) is 10.5. The second kappa shape index (κ2) is 7.20. The van der Waals surface area contributed by atoms with Crippen LogP contribution in [0.4, 0.5) is 5.69 Å². The van der Waals surface area contributed by atoms with Crippen molar-refractivity contribution in [3.05, 3.63) is 50.7 Å². The fraction of sp³-hybridized carbons (Fsp3) is 0.133. The number of nitrogens with zero attached hydrogens (tertiary/aromatic N) is 1. The van der Waals surface area contributed by atoms with Crippen LogP contribution in [-0.2, 0) is 9.59 Å². The number of anilines is 1. The number of rotatable bonds is 3. The maximum absolute atomic E-state index is 11.8. The summed E-state index contributed by atoms with van der Waals surface area (Å²) >= 11 is 7.34. The third kappa shape index (κ3) is 4.16. The van der Waals surface area contributed by atoms with Crippen molar-refractivity contribution in [3.8, 4) is 0 Å². The Bertz CT molecular complexity index is 740. The van der Waals surface area contributed by atoms with Gasteiger partial charge in [0.25, 0.3) is 0 Å². The van der Waals surface area contributed by atoms with E-state index in [0.29, 0.717) is 10.7 Å². The Morgan fingerprint density at radius 2 is 1.95 bits per heavy atom. The van der Waals surface area contributed by atoms with Gasteiger partial charge in [-0.15, -0.1) is 11.3 Å². The minimum Gasteiger partial charge on any atom is -0.317 e. The lowest BCUT2D eigenvalue weighted by Gasteiger charge is -2.07. The normalized spacial score (nSPS) is 10.7. The number of hydrogen-bond donors (Lipinski definition) is 2. The number of aryl methyl sites for hydroxylation is 2. The van der Waals surface area contributed by atoms with Crippen LogP contribution in [0, 0.1) is 13.8 Å². The van der Waals surface area contributed by atoms with Crippen molar-refractivity contribution < 1.29 is 9.59 Å². The smallest absolute Gasteiger partial charge is 0.317 e. The Hall–Kier alpha value is -2.18. The van der Waals surface area contributed by atoms with Gasteiger partial charge in [-0.3, -0.25) is 9.59 Å². The van der Waals surface area contributed by atoms with E-state index in [9.17, 15) is 9.59 Å². The molecule has 1 heterocycles. The summed E-state index contributed by atoms with van der Waals surface area (Å²) in [6, 6.07) is 6.93. The van der Waals surface area contributed by atoms with Crippen LogP contribution < -0.4 is 10.7 Å². The highest BCUT2D eigenvalue weighted by atomic mass is 35.5. The van der Waals surface area contributed by atoms with E-state index in [-0.39, 0.29) is 0 Å². The van der Waals surface area contributed by atoms with E-state index in [4.69, 9.17) is 11.6 Å². The number of nitrogens with one attached hydrogen (secondary N) is 2. The number of halogens is 1. The van der Waals surface area contributed by atoms with Gasteiger partial charge in [-0.1, -0.05) is 11.6 Å². The van der Waals surface area contributed by atoms with E-state index in [2.05, 4.69) is 15.8 Å². The van der Waals surface area contributed by atoms with Gasteiger partial charge in [-0.25, -0.2) is 5.43 Å². The van der Waals surface area contributed by atoms with Crippen LogP contribution in [0.1, 0.15) is 16.0 Å². The number of thiophene rings is 1. The third-order valence-electron chi connectivity index (χ3n) is 2.89. The number of hydrazone groups is 1. The number of hydrogen-bond acceptors (Lipinski definition) is 4. The molecule has 0 saturated heterocycles. The highest BCUT2D eigenvalue weighted by Gasteiger charge is 2.14. The quantitative estimate of drug-likeness (QED) is 0.514. The summed E-state index contributed by atoms with van der Waals surface area (Å²) in [6.45, 7) is 3.73. The SMILES string of the molecule is Cc1cc(Cl)ccc1NC(=O)C(=O)N/N=C\c1sccc1C. The lowest BCUT2D eigenvalue weighted by Crippen LogP contribution is -2.32. The standard InChI is InChI=1S/C15H14ClN3O2S/c1-9-5-6-22-13(9)8-17-19-15(21)14(20)18-12-4-3-11(16)7-10(12)2/h3-8H,1-2H3,(H,18,20)(H,19,21)/b17-8-. The molecule has 7 heteroatoms. The summed E-state index contributed by atoms with van der Waals surface area (Å²) in [5.74, 6) is -1.62. The summed E-state index contributed by atoms with van der Waals surface area (Å²) in [5, 5.41) is 8.78. The molecular formula is C15H14ClN3O2S. The molecular weight excluding hydrogens is 322 g/mol. The lowest BCUT2D eigenvalue weighted by atomic mass is 10.2. The molecule has 2 N–H and O–H groups in total. The highest BCUT2D eigenvalue weighted by molar-refractivity contribution is 7.11. The molecule has 1 aromatic heterocycles. The van der Waals surface area contributed by atoms with Crippen molar-refractivity contribution in [1.82, 2.24) is 5.43 Å². The molecule has 0 radical (unpaired) electrons. The molecule has 0 bridgehead atoms. The molecule has 2 amide bonds. The highest BCUT2D eigenvalue weighted by Crippen LogP contribution is 2.19. The van der Waals surface area contributed by atoms with Gasteiger partial charge in [-0.05, 0) is 54.6 Å². The van der Waals surface area contributed by atoms with Gasteiger partial charge < -0.3 is 5.32 Å².